The zero-order valence-corrected chi connectivity index (χ0v) is 18.1. The molecular formula is C24H21O7S-. The van der Waals surface area contributed by atoms with E-state index in [0.717, 1.165) is 16.7 Å². The lowest BCUT2D eigenvalue weighted by molar-refractivity contribution is -0.306. The number of aryl methyl sites for hydroxylation is 1. The predicted octanol–water partition coefficient (Wildman–Crippen LogP) is 3.55. The molecule has 32 heavy (non-hydrogen) atoms. The average molecular weight is 453 g/mol. The minimum absolute atomic E-state index is 0.00631. The monoisotopic (exact) mass is 453 g/mol. The second-order valence-corrected chi connectivity index (χ2v) is 7.87. The Hall–Kier alpha value is -3.65. The molecule has 3 aromatic rings. The van der Waals surface area contributed by atoms with Crippen LogP contribution in [0.3, 0.4) is 0 Å². The molecule has 7 nitrogen and oxygen atoms in total. The largest absolute Gasteiger partial charge is 0.550 e. The van der Waals surface area contributed by atoms with Crippen LogP contribution in [0.4, 0.5) is 0 Å². The minimum atomic E-state index is -1.62. The first-order chi connectivity index (χ1) is 15.3. The smallest absolute Gasteiger partial charge is 0.377 e. The second-order valence-electron chi connectivity index (χ2n) is 7.09. The number of hydrogen-bond donors (Lipinski definition) is 1. The quantitative estimate of drug-likeness (QED) is 0.349. The number of carboxylic acid groups (broad SMARTS) is 2. The SMILES string of the molecule is Cc1ccccc1C(CCC(=O)[O-])Oc1cc(OCc2ccsc2)ccc1C(=O)C(=O)O. The van der Waals surface area contributed by atoms with Crippen LogP contribution in [0.2, 0.25) is 0 Å². The molecule has 2 aromatic carbocycles. The lowest BCUT2D eigenvalue weighted by Crippen LogP contribution is -2.24. The first kappa shape index (κ1) is 23.0. The molecule has 0 saturated carbocycles. The van der Waals surface area contributed by atoms with Crippen molar-refractivity contribution in [1.82, 2.24) is 0 Å². The van der Waals surface area contributed by atoms with Gasteiger partial charge in [-0.15, -0.1) is 0 Å². The van der Waals surface area contributed by atoms with Crippen molar-refractivity contribution < 1.29 is 34.1 Å². The number of carboxylic acids is 2. The first-order valence-electron chi connectivity index (χ1n) is 9.82. The van der Waals surface area contributed by atoms with E-state index in [0.29, 0.717) is 12.4 Å². The molecule has 0 spiro atoms. The zero-order chi connectivity index (χ0) is 23.1. The number of aliphatic carboxylic acids is 2. The van der Waals surface area contributed by atoms with Gasteiger partial charge in [-0.2, -0.15) is 11.3 Å². The third-order valence-electron chi connectivity index (χ3n) is 4.79. The van der Waals surface area contributed by atoms with E-state index in [-0.39, 0.29) is 24.2 Å². The summed E-state index contributed by atoms with van der Waals surface area (Å²) < 4.78 is 11.8. The fourth-order valence-corrected chi connectivity index (χ4v) is 3.82. The summed E-state index contributed by atoms with van der Waals surface area (Å²) in [5, 5.41) is 24.1. The maximum atomic E-state index is 12.2. The molecule has 1 N–H and O–H groups in total. The highest BCUT2D eigenvalue weighted by molar-refractivity contribution is 7.07. The molecule has 1 unspecified atom stereocenters. The Bertz CT molecular complexity index is 1110. The molecule has 0 amide bonds. The van der Waals surface area contributed by atoms with Crippen molar-refractivity contribution in [2.45, 2.75) is 32.5 Å². The van der Waals surface area contributed by atoms with Crippen molar-refractivity contribution in [2.24, 2.45) is 0 Å². The minimum Gasteiger partial charge on any atom is -0.550 e. The molecule has 0 aliphatic rings. The van der Waals surface area contributed by atoms with E-state index in [1.165, 1.54) is 29.5 Å². The molecule has 3 rings (SSSR count). The van der Waals surface area contributed by atoms with Gasteiger partial charge >= 0.3 is 5.97 Å². The Labute approximate surface area is 188 Å². The van der Waals surface area contributed by atoms with E-state index < -0.39 is 23.8 Å². The van der Waals surface area contributed by atoms with Crippen LogP contribution >= 0.6 is 11.3 Å². The topological polar surface area (TPSA) is 113 Å². The van der Waals surface area contributed by atoms with Crippen molar-refractivity contribution >= 4 is 29.1 Å². The summed E-state index contributed by atoms with van der Waals surface area (Å²) in [5.74, 6) is -3.60. The maximum absolute atomic E-state index is 12.2. The van der Waals surface area contributed by atoms with Gasteiger partial charge in [0.15, 0.2) is 0 Å². The van der Waals surface area contributed by atoms with Gasteiger partial charge in [0.05, 0.1) is 5.56 Å². The Morgan fingerprint density at radius 2 is 1.91 bits per heavy atom. The van der Waals surface area contributed by atoms with Gasteiger partial charge in [-0.05, 0) is 65.4 Å². The summed E-state index contributed by atoms with van der Waals surface area (Å²) in [6.45, 7) is 2.15. The Morgan fingerprint density at radius 3 is 2.56 bits per heavy atom. The summed E-state index contributed by atoms with van der Waals surface area (Å²) in [7, 11) is 0. The van der Waals surface area contributed by atoms with Crippen LogP contribution in [0.1, 0.15) is 46.0 Å². The van der Waals surface area contributed by atoms with Gasteiger partial charge in [-0.3, -0.25) is 4.79 Å². The highest BCUT2D eigenvalue weighted by Gasteiger charge is 2.24. The molecule has 0 fully saturated rings. The van der Waals surface area contributed by atoms with Gasteiger partial charge in [0.1, 0.15) is 24.2 Å². The lowest BCUT2D eigenvalue weighted by atomic mass is 9.99. The molecular weight excluding hydrogens is 432 g/mol. The average Bonchev–Trinajstić information content (AvgIpc) is 3.29. The molecule has 166 valence electrons. The van der Waals surface area contributed by atoms with Crippen LogP contribution in [-0.4, -0.2) is 22.8 Å². The molecule has 8 heteroatoms. The fraction of sp³-hybridized carbons (Fsp3) is 0.208. The third kappa shape index (κ3) is 5.95. The lowest BCUT2D eigenvalue weighted by Gasteiger charge is -2.23. The molecule has 0 saturated heterocycles. The standard InChI is InChI=1S/C24H22O7S/c1-15-4-2-3-5-18(15)20(8-9-22(25)26)31-21-12-17(30-13-16-10-11-32-14-16)6-7-19(21)23(27)24(28)29/h2-7,10-12,14,20H,8-9,13H2,1H3,(H,25,26)(H,28,29)/p-1. The number of ether oxygens (including phenoxy) is 2. The Morgan fingerprint density at radius 1 is 1.12 bits per heavy atom. The normalized spacial score (nSPS) is 11.5. The Kier molecular flexibility index (Phi) is 7.62. The number of thiophene rings is 1. The van der Waals surface area contributed by atoms with Crippen molar-refractivity contribution in [3.05, 3.63) is 81.5 Å². The summed E-state index contributed by atoms with van der Waals surface area (Å²) in [5.41, 5.74) is 2.42. The number of rotatable bonds is 11. The van der Waals surface area contributed by atoms with E-state index in [2.05, 4.69) is 0 Å². The van der Waals surface area contributed by atoms with Crippen LogP contribution < -0.4 is 14.6 Å². The summed E-state index contributed by atoms with van der Waals surface area (Å²) in [6, 6.07) is 13.5. The van der Waals surface area contributed by atoms with Crippen LogP contribution in [0, 0.1) is 6.92 Å². The van der Waals surface area contributed by atoms with Gasteiger partial charge in [0.25, 0.3) is 5.78 Å². The van der Waals surface area contributed by atoms with E-state index in [9.17, 15) is 24.6 Å². The van der Waals surface area contributed by atoms with Crippen molar-refractivity contribution in [1.29, 1.82) is 0 Å². The van der Waals surface area contributed by atoms with Gasteiger partial charge in [-0.25, -0.2) is 4.79 Å². The first-order valence-corrected chi connectivity index (χ1v) is 10.8. The molecule has 0 aliphatic carbocycles. The van der Waals surface area contributed by atoms with Crippen LogP contribution in [0.25, 0.3) is 0 Å². The third-order valence-corrected chi connectivity index (χ3v) is 5.52. The maximum Gasteiger partial charge on any atom is 0.377 e. The van der Waals surface area contributed by atoms with E-state index >= 15 is 0 Å². The van der Waals surface area contributed by atoms with E-state index in [1.807, 2.05) is 35.9 Å². The number of carbonyl (C=O) groups is 3. The molecule has 0 aliphatic heterocycles. The number of hydrogen-bond acceptors (Lipinski definition) is 7. The number of benzene rings is 2. The van der Waals surface area contributed by atoms with Crippen molar-refractivity contribution in [2.75, 3.05) is 0 Å². The van der Waals surface area contributed by atoms with Gasteiger partial charge in [0, 0.05) is 12.0 Å². The van der Waals surface area contributed by atoms with Gasteiger partial charge in [-0.1, -0.05) is 24.3 Å². The molecule has 0 radical (unpaired) electrons. The molecule has 1 heterocycles. The zero-order valence-electron chi connectivity index (χ0n) is 17.3. The summed E-state index contributed by atoms with van der Waals surface area (Å²) >= 11 is 1.53. The van der Waals surface area contributed by atoms with Crippen LogP contribution in [0.15, 0.2) is 59.3 Å². The number of Topliss-reactive ketones (excluding diaryl/α,β-unsaturated/α-hetero) is 1. The van der Waals surface area contributed by atoms with E-state index in [1.54, 1.807) is 12.1 Å². The summed E-state index contributed by atoms with van der Waals surface area (Å²) in [6.07, 6.45) is -0.926. The van der Waals surface area contributed by atoms with Crippen molar-refractivity contribution in [3.63, 3.8) is 0 Å². The van der Waals surface area contributed by atoms with Gasteiger partial charge in [0.2, 0.25) is 0 Å². The van der Waals surface area contributed by atoms with Gasteiger partial charge < -0.3 is 24.5 Å². The summed E-state index contributed by atoms with van der Waals surface area (Å²) in [4.78, 5) is 34.6. The fourth-order valence-electron chi connectivity index (χ4n) is 3.16. The highest BCUT2D eigenvalue weighted by atomic mass is 32.1. The molecule has 0 bridgehead atoms. The second kappa shape index (κ2) is 10.6. The van der Waals surface area contributed by atoms with Crippen molar-refractivity contribution in [3.8, 4) is 11.5 Å². The Balaban J connectivity index is 1.95. The number of carbonyl (C=O) groups excluding carboxylic acids is 2. The predicted molar refractivity (Wildman–Crippen MR) is 116 cm³/mol. The molecule has 1 atom stereocenters. The van der Waals surface area contributed by atoms with E-state index in [4.69, 9.17) is 9.47 Å². The van der Waals surface area contributed by atoms with Crippen LogP contribution in [0.5, 0.6) is 11.5 Å². The molecule has 1 aromatic heterocycles. The van der Waals surface area contributed by atoms with Crippen LogP contribution in [-0.2, 0) is 16.2 Å². The highest BCUT2D eigenvalue weighted by Crippen LogP contribution is 2.33. The number of ketones is 1.